The number of fused-ring (bicyclic) bond motifs is 1. The topological polar surface area (TPSA) is 40.2 Å². The zero-order chi connectivity index (χ0) is 20.3. The highest BCUT2D eigenvalue weighted by atomic mass is 16.5. The molecule has 0 atom stereocenters. The molecule has 0 N–H and O–H groups in total. The van der Waals surface area contributed by atoms with E-state index in [9.17, 15) is 0 Å². The van der Waals surface area contributed by atoms with Crippen molar-refractivity contribution in [3.8, 4) is 17.3 Å². The minimum Gasteiger partial charge on any atom is -0.494 e. The van der Waals surface area contributed by atoms with Crippen LogP contribution in [0.1, 0.15) is 39.2 Å². The van der Waals surface area contributed by atoms with Crippen LogP contribution in [0.2, 0.25) is 0 Å². The summed E-state index contributed by atoms with van der Waals surface area (Å²) < 4.78 is 13.8. The number of aryl methyl sites for hydroxylation is 1. The molecule has 0 unspecified atom stereocenters. The number of rotatable bonds is 7. The van der Waals surface area contributed by atoms with E-state index < -0.39 is 0 Å². The SMILES string of the molecule is CC(C)(C)c1ccc(OCCCCn2c(-c3ccco3)nc3ccccc32)cc1. The summed E-state index contributed by atoms with van der Waals surface area (Å²) >= 11 is 0. The van der Waals surface area contributed by atoms with Crippen LogP contribution in [-0.2, 0) is 12.0 Å². The molecule has 0 aliphatic rings. The predicted octanol–water partition coefficient (Wildman–Crippen LogP) is 6.45. The molecule has 29 heavy (non-hydrogen) atoms. The first-order valence-corrected chi connectivity index (χ1v) is 10.2. The first-order chi connectivity index (χ1) is 14.0. The van der Waals surface area contributed by atoms with Crippen LogP contribution in [0.15, 0.2) is 71.3 Å². The van der Waals surface area contributed by atoms with Gasteiger partial charge in [0, 0.05) is 6.54 Å². The van der Waals surface area contributed by atoms with Crippen LogP contribution in [0.5, 0.6) is 5.75 Å². The van der Waals surface area contributed by atoms with Gasteiger partial charge in [-0.25, -0.2) is 4.98 Å². The fourth-order valence-electron chi connectivity index (χ4n) is 3.51. The number of unbranched alkanes of at least 4 members (excludes halogenated alkanes) is 1. The largest absolute Gasteiger partial charge is 0.494 e. The standard InChI is InChI=1S/C25H28N2O2/c1-25(2,3)19-12-14-20(15-13-19)28-17-7-6-16-27-22-10-5-4-9-21(22)26-24(27)23-11-8-18-29-23/h4-5,8-15,18H,6-7,16-17H2,1-3H3. The monoisotopic (exact) mass is 388 g/mol. The van der Waals surface area contributed by atoms with E-state index in [0.29, 0.717) is 6.61 Å². The second-order valence-electron chi connectivity index (χ2n) is 8.38. The number of hydrogen-bond donors (Lipinski definition) is 0. The Balaban J connectivity index is 1.36. The molecular weight excluding hydrogens is 360 g/mol. The zero-order valence-corrected chi connectivity index (χ0v) is 17.4. The Hall–Kier alpha value is -3.01. The number of para-hydroxylation sites is 2. The number of aromatic nitrogens is 2. The van der Waals surface area contributed by atoms with Crippen LogP contribution in [0.3, 0.4) is 0 Å². The van der Waals surface area contributed by atoms with Gasteiger partial charge >= 0.3 is 0 Å². The Morgan fingerprint density at radius 1 is 0.931 bits per heavy atom. The molecule has 2 heterocycles. The summed E-state index contributed by atoms with van der Waals surface area (Å²) in [6.07, 6.45) is 3.68. The lowest BCUT2D eigenvalue weighted by Gasteiger charge is -2.19. The van der Waals surface area contributed by atoms with Crippen LogP contribution in [-0.4, -0.2) is 16.2 Å². The molecule has 4 heteroatoms. The van der Waals surface area contributed by atoms with Crippen molar-refractivity contribution < 1.29 is 9.15 Å². The first-order valence-electron chi connectivity index (χ1n) is 10.2. The van der Waals surface area contributed by atoms with Gasteiger partial charge in [0.05, 0.1) is 23.9 Å². The van der Waals surface area contributed by atoms with Crippen molar-refractivity contribution >= 4 is 11.0 Å². The number of nitrogens with zero attached hydrogens (tertiary/aromatic N) is 2. The maximum absolute atomic E-state index is 5.94. The summed E-state index contributed by atoms with van der Waals surface area (Å²) in [6, 6.07) is 20.5. The highest BCUT2D eigenvalue weighted by Gasteiger charge is 2.14. The molecule has 4 aromatic rings. The lowest BCUT2D eigenvalue weighted by atomic mass is 9.87. The molecule has 0 bridgehead atoms. The van der Waals surface area contributed by atoms with Gasteiger partial charge in [-0.1, -0.05) is 45.0 Å². The van der Waals surface area contributed by atoms with Gasteiger partial charge in [-0.3, -0.25) is 0 Å². The van der Waals surface area contributed by atoms with Crippen molar-refractivity contribution in [1.29, 1.82) is 0 Å². The fourth-order valence-corrected chi connectivity index (χ4v) is 3.51. The average molecular weight is 389 g/mol. The quantitative estimate of drug-likeness (QED) is 0.341. The third kappa shape index (κ3) is 4.37. The molecular formula is C25H28N2O2. The van der Waals surface area contributed by atoms with E-state index in [1.54, 1.807) is 6.26 Å². The molecule has 0 spiro atoms. The molecule has 4 rings (SSSR count). The Morgan fingerprint density at radius 3 is 2.45 bits per heavy atom. The van der Waals surface area contributed by atoms with Crippen LogP contribution < -0.4 is 4.74 Å². The average Bonchev–Trinajstić information content (AvgIpc) is 3.35. The lowest BCUT2D eigenvalue weighted by molar-refractivity contribution is 0.303. The lowest BCUT2D eigenvalue weighted by Crippen LogP contribution is -2.10. The summed E-state index contributed by atoms with van der Waals surface area (Å²) in [5, 5.41) is 0. The van der Waals surface area contributed by atoms with Crippen molar-refractivity contribution in [1.82, 2.24) is 9.55 Å². The van der Waals surface area contributed by atoms with E-state index in [1.165, 1.54) is 5.56 Å². The Morgan fingerprint density at radius 2 is 1.72 bits per heavy atom. The minimum atomic E-state index is 0.164. The fraction of sp³-hybridized carbons (Fsp3) is 0.320. The molecule has 0 saturated heterocycles. The summed E-state index contributed by atoms with van der Waals surface area (Å²) in [5.74, 6) is 2.62. The van der Waals surface area contributed by atoms with Gasteiger partial charge in [0.2, 0.25) is 0 Å². The maximum Gasteiger partial charge on any atom is 0.177 e. The second kappa shape index (κ2) is 8.16. The third-order valence-electron chi connectivity index (χ3n) is 5.16. The second-order valence-corrected chi connectivity index (χ2v) is 8.38. The van der Waals surface area contributed by atoms with Gasteiger partial charge in [0.1, 0.15) is 5.75 Å². The summed E-state index contributed by atoms with van der Waals surface area (Å²) in [5.41, 5.74) is 3.62. The highest BCUT2D eigenvalue weighted by Crippen LogP contribution is 2.26. The Kier molecular flexibility index (Phi) is 5.43. The Bertz CT molecular complexity index is 1050. The van der Waals surface area contributed by atoms with Crippen molar-refractivity contribution in [2.24, 2.45) is 0 Å². The van der Waals surface area contributed by atoms with Crippen LogP contribution in [0.4, 0.5) is 0 Å². The molecule has 0 aliphatic carbocycles. The number of imidazole rings is 1. The molecule has 4 nitrogen and oxygen atoms in total. The number of hydrogen-bond acceptors (Lipinski definition) is 3. The summed E-state index contributed by atoms with van der Waals surface area (Å²) in [6.45, 7) is 8.25. The van der Waals surface area contributed by atoms with Gasteiger partial charge in [0.15, 0.2) is 11.6 Å². The van der Waals surface area contributed by atoms with E-state index >= 15 is 0 Å². The first kappa shape index (κ1) is 19.3. The minimum absolute atomic E-state index is 0.164. The number of furan rings is 1. The molecule has 0 amide bonds. The van der Waals surface area contributed by atoms with Crippen molar-refractivity contribution in [2.75, 3.05) is 6.61 Å². The Labute approximate surface area is 172 Å². The van der Waals surface area contributed by atoms with Crippen molar-refractivity contribution in [2.45, 2.75) is 45.6 Å². The molecule has 0 fully saturated rings. The van der Waals surface area contributed by atoms with Crippen molar-refractivity contribution in [3.05, 3.63) is 72.5 Å². The number of ether oxygens (including phenoxy) is 1. The van der Waals surface area contributed by atoms with E-state index in [1.807, 2.05) is 24.3 Å². The van der Waals surface area contributed by atoms with Gasteiger partial charge in [-0.15, -0.1) is 0 Å². The van der Waals surface area contributed by atoms with Crippen LogP contribution >= 0.6 is 0 Å². The normalized spacial score (nSPS) is 11.8. The van der Waals surface area contributed by atoms with E-state index in [0.717, 1.165) is 47.8 Å². The smallest absolute Gasteiger partial charge is 0.177 e. The molecule has 0 radical (unpaired) electrons. The zero-order valence-electron chi connectivity index (χ0n) is 17.4. The number of benzene rings is 2. The van der Waals surface area contributed by atoms with Gasteiger partial charge in [0.25, 0.3) is 0 Å². The summed E-state index contributed by atoms with van der Waals surface area (Å²) in [4.78, 5) is 4.77. The summed E-state index contributed by atoms with van der Waals surface area (Å²) in [7, 11) is 0. The van der Waals surface area contributed by atoms with Gasteiger partial charge in [-0.05, 0) is 60.2 Å². The van der Waals surface area contributed by atoms with Crippen LogP contribution in [0, 0.1) is 0 Å². The highest BCUT2D eigenvalue weighted by molar-refractivity contribution is 5.79. The molecule has 0 saturated carbocycles. The van der Waals surface area contributed by atoms with E-state index in [4.69, 9.17) is 14.1 Å². The van der Waals surface area contributed by atoms with Gasteiger partial charge < -0.3 is 13.7 Å². The van der Waals surface area contributed by atoms with E-state index in [-0.39, 0.29) is 5.41 Å². The molecule has 2 aromatic carbocycles. The van der Waals surface area contributed by atoms with Gasteiger partial charge in [-0.2, -0.15) is 0 Å². The predicted molar refractivity (Wildman–Crippen MR) is 117 cm³/mol. The van der Waals surface area contributed by atoms with Crippen molar-refractivity contribution in [3.63, 3.8) is 0 Å². The van der Waals surface area contributed by atoms with E-state index in [2.05, 4.69) is 61.7 Å². The maximum atomic E-state index is 5.94. The molecule has 150 valence electrons. The molecule has 0 aliphatic heterocycles. The molecule has 2 aromatic heterocycles. The van der Waals surface area contributed by atoms with Crippen LogP contribution in [0.25, 0.3) is 22.6 Å². The third-order valence-corrected chi connectivity index (χ3v) is 5.16.